The number of nitrogens with one attached hydrogen (secondary N) is 1. The van der Waals surface area contributed by atoms with Crippen LogP contribution in [-0.2, 0) is 4.74 Å². The number of alkyl halides is 3. The van der Waals surface area contributed by atoms with Crippen molar-refractivity contribution in [3.8, 4) is 5.88 Å². The number of aliphatic hydroxyl groups is 2. The molecule has 1 saturated heterocycles. The molecule has 3 heterocycles. The van der Waals surface area contributed by atoms with E-state index >= 15 is 0 Å². The lowest BCUT2D eigenvalue weighted by atomic mass is 10.0. The van der Waals surface area contributed by atoms with E-state index in [1.54, 1.807) is 6.07 Å². The molecular weight excluding hydrogens is 343 g/mol. The van der Waals surface area contributed by atoms with Gasteiger partial charge in [-0.1, -0.05) is 0 Å². The molecule has 0 aliphatic carbocycles. The molecule has 3 rings (SSSR count). The molecule has 0 aromatic carbocycles. The van der Waals surface area contributed by atoms with E-state index in [1.807, 2.05) is 0 Å². The second kappa shape index (κ2) is 6.43. The zero-order chi connectivity index (χ0) is 18.2. The largest absolute Gasteiger partial charge is 0.473 e. The molecule has 0 spiro atoms. The van der Waals surface area contributed by atoms with E-state index in [0.717, 1.165) is 6.92 Å². The Hall–Kier alpha value is -1.91. The zero-order valence-corrected chi connectivity index (χ0v) is 13.4. The molecule has 25 heavy (non-hydrogen) atoms. The molecule has 0 bridgehead atoms. The number of rotatable bonds is 5. The van der Waals surface area contributed by atoms with E-state index in [1.165, 1.54) is 6.20 Å². The van der Waals surface area contributed by atoms with Crippen molar-refractivity contribution in [2.75, 3.05) is 13.2 Å². The summed E-state index contributed by atoms with van der Waals surface area (Å²) in [7, 11) is 0. The Labute approximate surface area is 140 Å². The van der Waals surface area contributed by atoms with Crippen LogP contribution in [0.5, 0.6) is 5.88 Å². The van der Waals surface area contributed by atoms with Crippen molar-refractivity contribution in [2.24, 2.45) is 0 Å². The summed E-state index contributed by atoms with van der Waals surface area (Å²) >= 11 is 0. The Kier molecular flexibility index (Phi) is 4.60. The lowest BCUT2D eigenvalue weighted by molar-refractivity contribution is -0.265. The van der Waals surface area contributed by atoms with E-state index in [4.69, 9.17) is 14.6 Å². The first kappa shape index (κ1) is 17.9. The SMILES string of the molecule is C[C@]1(C(F)(F)F)CCC(c2nc3c(OCC(O)CO)nccc3[nH]2)O1. The minimum atomic E-state index is -4.45. The number of nitrogens with zero attached hydrogens (tertiary/aromatic N) is 2. The van der Waals surface area contributed by atoms with Gasteiger partial charge in [-0.05, 0) is 25.8 Å². The van der Waals surface area contributed by atoms with E-state index in [-0.39, 0.29) is 31.2 Å². The Morgan fingerprint density at radius 2 is 2.28 bits per heavy atom. The van der Waals surface area contributed by atoms with Crippen molar-refractivity contribution in [3.05, 3.63) is 18.1 Å². The third-order valence-corrected chi connectivity index (χ3v) is 4.20. The number of pyridine rings is 1. The maximum Gasteiger partial charge on any atom is 0.417 e. The number of imidazole rings is 1. The Balaban J connectivity index is 1.83. The highest BCUT2D eigenvalue weighted by molar-refractivity contribution is 5.79. The smallest absolute Gasteiger partial charge is 0.417 e. The number of ether oxygens (including phenoxy) is 2. The highest BCUT2D eigenvalue weighted by Crippen LogP contribution is 2.47. The van der Waals surface area contributed by atoms with Crippen LogP contribution in [-0.4, -0.2) is 56.3 Å². The number of aromatic amines is 1. The van der Waals surface area contributed by atoms with Crippen LogP contribution in [0, 0.1) is 0 Å². The van der Waals surface area contributed by atoms with Crippen LogP contribution >= 0.6 is 0 Å². The fourth-order valence-corrected chi connectivity index (χ4v) is 2.66. The Morgan fingerprint density at radius 1 is 1.52 bits per heavy atom. The van der Waals surface area contributed by atoms with Crippen LogP contribution in [0.4, 0.5) is 13.2 Å². The lowest BCUT2D eigenvalue weighted by Gasteiger charge is -2.27. The summed E-state index contributed by atoms with van der Waals surface area (Å²) < 4.78 is 49.8. The molecular formula is C15H18F3N3O4. The predicted molar refractivity (Wildman–Crippen MR) is 80.0 cm³/mol. The summed E-state index contributed by atoms with van der Waals surface area (Å²) in [4.78, 5) is 11.2. The van der Waals surface area contributed by atoms with Crippen LogP contribution in [0.3, 0.4) is 0 Å². The molecule has 3 atom stereocenters. The average molecular weight is 361 g/mol. The minimum Gasteiger partial charge on any atom is -0.473 e. The van der Waals surface area contributed by atoms with Crippen molar-refractivity contribution >= 4 is 11.0 Å². The summed E-state index contributed by atoms with van der Waals surface area (Å²) in [5.41, 5.74) is -1.34. The standard InChI is InChI=1S/C15H18F3N3O4/c1-14(15(16,17)18)4-2-10(25-14)12-20-9-3-5-19-13(11(9)21-12)24-7-8(23)6-22/h3,5,8,10,22-23H,2,4,6-7H2,1H3,(H,20,21)/t8?,10?,14-/m1/s1. The van der Waals surface area contributed by atoms with Gasteiger partial charge in [-0.2, -0.15) is 13.2 Å². The quantitative estimate of drug-likeness (QED) is 0.752. The molecule has 0 radical (unpaired) electrons. The van der Waals surface area contributed by atoms with Crippen molar-refractivity contribution in [1.29, 1.82) is 0 Å². The van der Waals surface area contributed by atoms with Crippen molar-refractivity contribution in [1.82, 2.24) is 15.0 Å². The third-order valence-electron chi connectivity index (χ3n) is 4.20. The maximum absolute atomic E-state index is 13.1. The predicted octanol–water partition coefficient (Wildman–Crippen LogP) is 1.86. The molecule has 2 unspecified atom stereocenters. The van der Waals surface area contributed by atoms with E-state index < -0.39 is 30.6 Å². The van der Waals surface area contributed by atoms with Gasteiger partial charge in [0.2, 0.25) is 5.88 Å². The molecule has 3 N–H and O–H groups in total. The first-order valence-corrected chi connectivity index (χ1v) is 7.74. The maximum atomic E-state index is 13.1. The molecule has 10 heteroatoms. The Morgan fingerprint density at radius 3 is 2.92 bits per heavy atom. The zero-order valence-electron chi connectivity index (χ0n) is 13.4. The molecule has 2 aromatic rings. The van der Waals surface area contributed by atoms with Gasteiger partial charge in [0.15, 0.2) is 11.1 Å². The van der Waals surface area contributed by atoms with Crippen molar-refractivity contribution in [3.63, 3.8) is 0 Å². The minimum absolute atomic E-state index is 0.115. The molecule has 0 saturated carbocycles. The van der Waals surface area contributed by atoms with Crippen LogP contribution in [0.2, 0.25) is 0 Å². The van der Waals surface area contributed by atoms with Gasteiger partial charge < -0.3 is 24.7 Å². The summed E-state index contributed by atoms with van der Waals surface area (Å²) in [6.45, 7) is 0.382. The van der Waals surface area contributed by atoms with E-state index in [0.29, 0.717) is 11.0 Å². The number of halogens is 3. The number of aliphatic hydroxyl groups excluding tert-OH is 2. The van der Waals surface area contributed by atoms with Crippen LogP contribution < -0.4 is 4.74 Å². The lowest BCUT2D eigenvalue weighted by Crippen LogP contribution is -2.41. The number of hydrogen-bond donors (Lipinski definition) is 3. The third kappa shape index (κ3) is 3.42. The van der Waals surface area contributed by atoms with Gasteiger partial charge in [-0.3, -0.25) is 0 Å². The summed E-state index contributed by atoms with van der Waals surface area (Å²) in [5.74, 6) is 0.382. The van der Waals surface area contributed by atoms with E-state index in [9.17, 15) is 18.3 Å². The molecule has 2 aromatic heterocycles. The van der Waals surface area contributed by atoms with Gasteiger partial charge in [0, 0.05) is 6.20 Å². The number of H-pyrrole nitrogens is 1. The van der Waals surface area contributed by atoms with Gasteiger partial charge in [0.25, 0.3) is 0 Å². The summed E-state index contributed by atoms with van der Waals surface area (Å²) in [6.07, 6.45) is -4.86. The molecule has 138 valence electrons. The highest BCUT2D eigenvalue weighted by atomic mass is 19.4. The number of aromatic nitrogens is 3. The number of fused-ring (bicyclic) bond motifs is 1. The van der Waals surface area contributed by atoms with Gasteiger partial charge in [0.05, 0.1) is 12.1 Å². The van der Waals surface area contributed by atoms with Crippen molar-refractivity contribution < 1.29 is 32.9 Å². The fraction of sp³-hybridized carbons (Fsp3) is 0.600. The van der Waals surface area contributed by atoms with Gasteiger partial charge in [-0.15, -0.1) is 0 Å². The Bertz CT molecular complexity index is 751. The van der Waals surface area contributed by atoms with Crippen LogP contribution in [0.1, 0.15) is 31.7 Å². The molecule has 1 aliphatic heterocycles. The second-order valence-corrected chi connectivity index (χ2v) is 6.16. The number of hydrogen-bond acceptors (Lipinski definition) is 6. The van der Waals surface area contributed by atoms with Crippen molar-refractivity contribution in [2.45, 2.75) is 43.8 Å². The first-order chi connectivity index (χ1) is 11.7. The molecule has 0 amide bonds. The normalized spacial score (nSPS) is 25.4. The second-order valence-electron chi connectivity index (χ2n) is 6.16. The first-order valence-electron chi connectivity index (χ1n) is 7.74. The van der Waals surface area contributed by atoms with Gasteiger partial charge in [0.1, 0.15) is 24.6 Å². The fourth-order valence-electron chi connectivity index (χ4n) is 2.66. The van der Waals surface area contributed by atoms with E-state index in [2.05, 4.69) is 15.0 Å². The molecule has 7 nitrogen and oxygen atoms in total. The molecule has 1 aliphatic rings. The summed E-state index contributed by atoms with van der Waals surface area (Å²) in [6, 6.07) is 1.61. The highest BCUT2D eigenvalue weighted by Gasteiger charge is 2.57. The van der Waals surface area contributed by atoms with Gasteiger partial charge in [-0.25, -0.2) is 9.97 Å². The average Bonchev–Trinajstić information content (AvgIpc) is 3.16. The monoisotopic (exact) mass is 361 g/mol. The molecule has 1 fully saturated rings. The van der Waals surface area contributed by atoms with Gasteiger partial charge >= 0.3 is 6.18 Å². The summed E-state index contributed by atoms with van der Waals surface area (Å²) in [5, 5.41) is 18.2. The van der Waals surface area contributed by atoms with Crippen LogP contribution in [0.15, 0.2) is 12.3 Å². The topological polar surface area (TPSA) is 100 Å². The van der Waals surface area contributed by atoms with Crippen LogP contribution in [0.25, 0.3) is 11.0 Å².